The van der Waals surface area contributed by atoms with Crippen LogP contribution in [0.4, 0.5) is 11.8 Å². The van der Waals surface area contributed by atoms with Crippen LogP contribution in [0.15, 0.2) is 30.5 Å². The third-order valence-electron chi connectivity index (χ3n) is 4.82. The lowest BCUT2D eigenvalue weighted by molar-refractivity contribution is -0.146. The first-order valence-corrected chi connectivity index (χ1v) is 10.4. The Labute approximate surface area is 186 Å². The summed E-state index contributed by atoms with van der Waals surface area (Å²) in [5, 5.41) is 2.64. The van der Waals surface area contributed by atoms with Gasteiger partial charge in [-0.05, 0) is 38.0 Å². The number of esters is 2. The van der Waals surface area contributed by atoms with Crippen molar-refractivity contribution in [3.63, 3.8) is 0 Å². The second-order valence-electron chi connectivity index (χ2n) is 7.03. The van der Waals surface area contributed by atoms with Crippen molar-refractivity contribution >= 4 is 29.6 Å². The zero-order valence-corrected chi connectivity index (χ0v) is 18.5. The Kier molecular flexibility index (Phi) is 8.94. The number of amides is 1. The Bertz CT molecular complexity index is 948. The van der Waals surface area contributed by atoms with Gasteiger partial charge in [0, 0.05) is 29.7 Å². The SMILES string of the molecule is CCOC(=O)CC[C@H](NC(=O)c1ccc(C(C)c2cnc(N)nc2N)cc1)C(=O)OCC. The predicted octanol–water partition coefficient (Wildman–Crippen LogP) is 1.80. The van der Waals surface area contributed by atoms with Gasteiger partial charge < -0.3 is 26.3 Å². The highest BCUT2D eigenvalue weighted by molar-refractivity contribution is 5.96. The lowest BCUT2D eigenvalue weighted by Gasteiger charge is -2.18. The molecular formula is C22H29N5O5. The fourth-order valence-corrected chi connectivity index (χ4v) is 3.08. The molecule has 2 rings (SSSR count). The van der Waals surface area contributed by atoms with Crippen molar-refractivity contribution in [2.45, 2.75) is 45.6 Å². The molecule has 1 aromatic carbocycles. The summed E-state index contributed by atoms with van der Waals surface area (Å²) < 4.78 is 9.89. The van der Waals surface area contributed by atoms with Crippen LogP contribution in [0.2, 0.25) is 0 Å². The molecule has 0 aliphatic carbocycles. The second-order valence-corrected chi connectivity index (χ2v) is 7.03. The molecule has 0 fully saturated rings. The molecule has 0 saturated carbocycles. The molecule has 0 bridgehead atoms. The van der Waals surface area contributed by atoms with Crippen LogP contribution in [0.3, 0.4) is 0 Å². The quantitative estimate of drug-likeness (QED) is 0.465. The van der Waals surface area contributed by atoms with Gasteiger partial charge in [0.1, 0.15) is 11.9 Å². The van der Waals surface area contributed by atoms with E-state index in [0.29, 0.717) is 11.4 Å². The number of anilines is 2. The van der Waals surface area contributed by atoms with Crippen LogP contribution in [-0.4, -0.2) is 47.1 Å². The van der Waals surface area contributed by atoms with Crippen molar-refractivity contribution in [2.75, 3.05) is 24.7 Å². The van der Waals surface area contributed by atoms with Crippen LogP contribution in [0, 0.1) is 0 Å². The highest BCUT2D eigenvalue weighted by Gasteiger charge is 2.24. The molecule has 1 unspecified atom stereocenters. The number of ether oxygens (including phenoxy) is 2. The van der Waals surface area contributed by atoms with Gasteiger partial charge >= 0.3 is 11.9 Å². The molecule has 1 amide bonds. The molecule has 10 nitrogen and oxygen atoms in total. The monoisotopic (exact) mass is 443 g/mol. The molecule has 2 atom stereocenters. The first-order chi connectivity index (χ1) is 15.3. The van der Waals surface area contributed by atoms with E-state index in [0.717, 1.165) is 11.1 Å². The highest BCUT2D eigenvalue weighted by Crippen LogP contribution is 2.27. The summed E-state index contributed by atoms with van der Waals surface area (Å²) in [4.78, 5) is 44.5. The summed E-state index contributed by atoms with van der Waals surface area (Å²) in [6.45, 7) is 5.71. The van der Waals surface area contributed by atoms with E-state index < -0.39 is 23.9 Å². The maximum atomic E-state index is 12.7. The molecule has 0 aliphatic heterocycles. The highest BCUT2D eigenvalue weighted by atomic mass is 16.5. The zero-order valence-electron chi connectivity index (χ0n) is 18.5. The van der Waals surface area contributed by atoms with E-state index >= 15 is 0 Å². The number of hydrogen-bond acceptors (Lipinski definition) is 9. The molecule has 1 heterocycles. The van der Waals surface area contributed by atoms with Crippen LogP contribution in [-0.2, 0) is 19.1 Å². The van der Waals surface area contributed by atoms with E-state index in [1.807, 2.05) is 6.92 Å². The lowest BCUT2D eigenvalue weighted by atomic mass is 9.93. The third-order valence-corrected chi connectivity index (χ3v) is 4.82. The number of benzene rings is 1. The summed E-state index contributed by atoms with van der Waals surface area (Å²) in [6, 6.07) is 5.89. The van der Waals surface area contributed by atoms with Crippen molar-refractivity contribution in [3.05, 3.63) is 47.2 Å². The third kappa shape index (κ3) is 6.66. The van der Waals surface area contributed by atoms with Gasteiger partial charge in [0.15, 0.2) is 0 Å². The van der Waals surface area contributed by atoms with Gasteiger partial charge in [0.25, 0.3) is 5.91 Å². The fourth-order valence-electron chi connectivity index (χ4n) is 3.08. The second kappa shape index (κ2) is 11.6. The Morgan fingerprint density at radius 2 is 1.72 bits per heavy atom. The van der Waals surface area contributed by atoms with Crippen molar-refractivity contribution in [2.24, 2.45) is 0 Å². The van der Waals surface area contributed by atoms with Crippen molar-refractivity contribution in [3.8, 4) is 0 Å². The Morgan fingerprint density at radius 3 is 2.31 bits per heavy atom. The number of carbonyl (C=O) groups excluding carboxylic acids is 3. The van der Waals surface area contributed by atoms with Gasteiger partial charge in [-0.25, -0.2) is 9.78 Å². The maximum absolute atomic E-state index is 12.7. The molecule has 10 heteroatoms. The van der Waals surface area contributed by atoms with Crippen LogP contribution in [0.25, 0.3) is 0 Å². The molecule has 0 spiro atoms. The van der Waals surface area contributed by atoms with Gasteiger partial charge in [0.05, 0.1) is 13.2 Å². The summed E-state index contributed by atoms with van der Waals surface area (Å²) in [6.07, 6.45) is 1.64. The fraction of sp³-hybridized carbons (Fsp3) is 0.409. The number of rotatable bonds is 10. The first kappa shape index (κ1) is 24.6. The minimum Gasteiger partial charge on any atom is -0.466 e. The molecule has 0 saturated heterocycles. The number of nitrogen functional groups attached to an aromatic ring is 2. The number of nitrogens with zero attached hydrogens (tertiary/aromatic N) is 2. The van der Waals surface area contributed by atoms with E-state index in [-0.39, 0.29) is 37.9 Å². The standard InChI is InChI=1S/C22H29N5O5/c1-4-31-18(28)11-10-17(21(30)32-5-2)26-20(29)15-8-6-14(7-9-15)13(3)16-12-25-22(24)27-19(16)23/h6-9,12-13,17H,4-5,10-11H2,1-3H3,(H,26,29)(H4,23,24,25,27)/t13?,17-/m0/s1. The smallest absolute Gasteiger partial charge is 0.328 e. The summed E-state index contributed by atoms with van der Waals surface area (Å²) in [5.74, 6) is -1.23. The topological polar surface area (TPSA) is 160 Å². The van der Waals surface area contributed by atoms with Gasteiger partial charge in [-0.3, -0.25) is 9.59 Å². The molecule has 5 N–H and O–H groups in total. The van der Waals surface area contributed by atoms with E-state index in [1.165, 1.54) is 0 Å². The maximum Gasteiger partial charge on any atom is 0.328 e. The lowest BCUT2D eigenvalue weighted by Crippen LogP contribution is -2.42. The molecule has 0 radical (unpaired) electrons. The summed E-state index contributed by atoms with van der Waals surface area (Å²) in [7, 11) is 0. The first-order valence-electron chi connectivity index (χ1n) is 10.4. The van der Waals surface area contributed by atoms with E-state index in [1.54, 1.807) is 44.3 Å². The Morgan fingerprint density at radius 1 is 1.06 bits per heavy atom. The van der Waals surface area contributed by atoms with Crippen LogP contribution in [0.1, 0.15) is 61.0 Å². The molecule has 2 aromatic rings. The van der Waals surface area contributed by atoms with Gasteiger partial charge in [-0.1, -0.05) is 19.1 Å². The van der Waals surface area contributed by atoms with Crippen LogP contribution >= 0.6 is 0 Å². The van der Waals surface area contributed by atoms with Crippen molar-refractivity contribution in [1.29, 1.82) is 0 Å². The summed E-state index contributed by atoms with van der Waals surface area (Å²) >= 11 is 0. The average Bonchev–Trinajstić information content (AvgIpc) is 2.76. The van der Waals surface area contributed by atoms with Gasteiger partial charge in [-0.2, -0.15) is 4.98 Å². The largest absolute Gasteiger partial charge is 0.466 e. The summed E-state index contributed by atoms with van der Waals surface area (Å²) in [5.41, 5.74) is 13.5. The van der Waals surface area contributed by atoms with Gasteiger partial charge in [0.2, 0.25) is 5.95 Å². The van der Waals surface area contributed by atoms with Crippen LogP contribution < -0.4 is 16.8 Å². The Balaban J connectivity index is 2.09. The number of nitrogens with one attached hydrogen (secondary N) is 1. The van der Waals surface area contributed by atoms with Crippen molar-refractivity contribution in [1.82, 2.24) is 15.3 Å². The number of hydrogen-bond donors (Lipinski definition) is 3. The number of carbonyl (C=O) groups is 3. The molecule has 1 aromatic heterocycles. The molecular weight excluding hydrogens is 414 g/mol. The van der Waals surface area contributed by atoms with E-state index in [2.05, 4.69) is 15.3 Å². The molecule has 32 heavy (non-hydrogen) atoms. The number of nitrogens with two attached hydrogens (primary N) is 2. The molecule has 172 valence electrons. The predicted molar refractivity (Wildman–Crippen MR) is 119 cm³/mol. The molecule has 0 aliphatic rings. The van der Waals surface area contributed by atoms with Crippen LogP contribution in [0.5, 0.6) is 0 Å². The normalized spacial score (nSPS) is 12.5. The van der Waals surface area contributed by atoms with E-state index in [4.69, 9.17) is 20.9 Å². The number of aromatic nitrogens is 2. The minimum atomic E-state index is -0.961. The average molecular weight is 444 g/mol. The van der Waals surface area contributed by atoms with Gasteiger partial charge in [-0.15, -0.1) is 0 Å². The van der Waals surface area contributed by atoms with Crippen molar-refractivity contribution < 1.29 is 23.9 Å². The zero-order chi connectivity index (χ0) is 23.7. The van der Waals surface area contributed by atoms with E-state index in [9.17, 15) is 14.4 Å². The Hall–Kier alpha value is -3.69. The minimum absolute atomic E-state index is 0.0147.